The van der Waals surface area contributed by atoms with E-state index in [2.05, 4.69) is 25.8 Å². The van der Waals surface area contributed by atoms with Crippen LogP contribution in [0.1, 0.15) is 6.92 Å². The lowest BCUT2D eigenvalue weighted by Gasteiger charge is -2.07. The molecule has 2 amide bonds. The van der Waals surface area contributed by atoms with Crippen molar-refractivity contribution >= 4 is 35.0 Å². The van der Waals surface area contributed by atoms with E-state index in [4.69, 9.17) is 5.84 Å². The van der Waals surface area contributed by atoms with Gasteiger partial charge in [-0.3, -0.25) is 14.6 Å². The van der Waals surface area contributed by atoms with Gasteiger partial charge in [0.2, 0.25) is 17.0 Å². The van der Waals surface area contributed by atoms with E-state index in [1.54, 1.807) is 48.8 Å². The molecule has 138 valence electrons. The highest BCUT2D eigenvalue weighted by Gasteiger charge is 2.13. The van der Waals surface area contributed by atoms with Gasteiger partial charge in [-0.25, -0.2) is 4.68 Å². The van der Waals surface area contributed by atoms with Gasteiger partial charge in [-0.1, -0.05) is 11.8 Å². The second-order valence-electron chi connectivity index (χ2n) is 5.51. The number of benzene rings is 1. The van der Waals surface area contributed by atoms with Gasteiger partial charge in [-0.2, -0.15) is 0 Å². The molecule has 0 aliphatic rings. The van der Waals surface area contributed by atoms with Crippen molar-refractivity contribution in [3.8, 4) is 11.4 Å². The number of pyridine rings is 1. The first-order valence-corrected chi connectivity index (χ1v) is 8.92. The molecule has 0 spiro atoms. The maximum atomic E-state index is 12.1. The fourth-order valence-electron chi connectivity index (χ4n) is 2.24. The maximum absolute atomic E-state index is 12.1. The lowest BCUT2D eigenvalue weighted by Crippen LogP contribution is -2.16. The summed E-state index contributed by atoms with van der Waals surface area (Å²) in [5.41, 5.74) is 2.08. The van der Waals surface area contributed by atoms with Crippen LogP contribution in [0.5, 0.6) is 0 Å². The Morgan fingerprint density at radius 1 is 1.04 bits per heavy atom. The summed E-state index contributed by atoms with van der Waals surface area (Å²) in [5.74, 6) is 6.27. The number of hydrogen-bond acceptors (Lipinski definition) is 7. The highest BCUT2D eigenvalue weighted by atomic mass is 32.2. The standard InChI is InChI=1S/C17H17N7O2S/c1-11(25)20-13-2-4-14(5-3-13)21-15(26)10-27-17-23-22-16(24(17)18)12-6-8-19-9-7-12/h2-9H,10,18H2,1H3,(H,20,25)(H,21,26). The third kappa shape index (κ3) is 4.82. The van der Waals surface area contributed by atoms with Crippen LogP contribution in [-0.2, 0) is 9.59 Å². The molecule has 9 nitrogen and oxygen atoms in total. The van der Waals surface area contributed by atoms with Crippen molar-refractivity contribution in [2.75, 3.05) is 22.2 Å². The predicted molar refractivity (Wildman–Crippen MR) is 104 cm³/mol. The Bertz CT molecular complexity index is 942. The number of anilines is 2. The van der Waals surface area contributed by atoms with Crippen LogP contribution in [0.25, 0.3) is 11.4 Å². The van der Waals surface area contributed by atoms with E-state index in [1.165, 1.54) is 23.4 Å². The summed E-state index contributed by atoms with van der Waals surface area (Å²) in [4.78, 5) is 27.1. The Labute approximate surface area is 159 Å². The number of carbonyl (C=O) groups is 2. The van der Waals surface area contributed by atoms with Gasteiger partial charge in [-0.15, -0.1) is 10.2 Å². The van der Waals surface area contributed by atoms with Crippen molar-refractivity contribution in [1.29, 1.82) is 0 Å². The number of nitrogens with two attached hydrogens (primary N) is 1. The summed E-state index contributed by atoms with van der Waals surface area (Å²) in [6, 6.07) is 10.4. The molecule has 10 heteroatoms. The van der Waals surface area contributed by atoms with Crippen molar-refractivity contribution in [2.45, 2.75) is 12.1 Å². The Kier molecular flexibility index (Phi) is 5.67. The van der Waals surface area contributed by atoms with Gasteiger partial charge < -0.3 is 16.5 Å². The highest BCUT2D eigenvalue weighted by Crippen LogP contribution is 2.21. The zero-order valence-corrected chi connectivity index (χ0v) is 15.2. The Hall–Kier alpha value is -3.40. The van der Waals surface area contributed by atoms with Gasteiger partial charge in [0.05, 0.1) is 5.75 Å². The fourth-order valence-corrected chi connectivity index (χ4v) is 2.90. The van der Waals surface area contributed by atoms with Crippen molar-refractivity contribution in [3.63, 3.8) is 0 Å². The first kappa shape index (κ1) is 18.4. The van der Waals surface area contributed by atoms with E-state index in [0.29, 0.717) is 22.4 Å². The topological polar surface area (TPSA) is 128 Å². The molecule has 0 atom stereocenters. The minimum Gasteiger partial charge on any atom is -0.335 e. The number of rotatable bonds is 6. The number of aromatic nitrogens is 4. The molecule has 0 aliphatic carbocycles. The second kappa shape index (κ2) is 8.32. The van der Waals surface area contributed by atoms with E-state index >= 15 is 0 Å². The molecule has 2 aromatic heterocycles. The minimum atomic E-state index is -0.208. The summed E-state index contributed by atoms with van der Waals surface area (Å²) >= 11 is 1.18. The number of amides is 2. The van der Waals surface area contributed by atoms with Gasteiger partial charge in [0.25, 0.3) is 0 Å². The first-order chi connectivity index (χ1) is 13.0. The summed E-state index contributed by atoms with van der Waals surface area (Å²) in [7, 11) is 0. The lowest BCUT2D eigenvalue weighted by atomic mass is 10.2. The van der Waals surface area contributed by atoms with Crippen LogP contribution in [0.3, 0.4) is 0 Å². The monoisotopic (exact) mass is 383 g/mol. The first-order valence-electron chi connectivity index (χ1n) is 7.94. The van der Waals surface area contributed by atoms with Gasteiger partial charge in [0.1, 0.15) is 0 Å². The molecule has 0 unspecified atom stereocenters. The molecule has 0 radical (unpaired) electrons. The Morgan fingerprint density at radius 2 is 1.67 bits per heavy atom. The minimum absolute atomic E-state index is 0.124. The zero-order chi connectivity index (χ0) is 19.2. The van der Waals surface area contributed by atoms with Gasteiger partial charge >= 0.3 is 0 Å². The number of nitrogens with one attached hydrogen (secondary N) is 2. The summed E-state index contributed by atoms with van der Waals surface area (Å²) in [6.07, 6.45) is 3.28. The normalized spacial score (nSPS) is 10.4. The SMILES string of the molecule is CC(=O)Nc1ccc(NC(=O)CSc2nnc(-c3ccncc3)n2N)cc1. The van der Waals surface area contributed by atoms with Crippen LogP contribution >= 0.6 is 11.8 Å². The van der Waals surface area contributed by atoms with E-state index < -0.39 is 0 Å². The molecule has 0 bridgehead atoms. The molecule has 0 fully saturated rings. The van der Waals surface area contributed by atoms with Gasteiger partial charge in [0, 0.05) is 36.3 Å². The van der Waals surface area contributed by atoms with E-state index in [9.17, 15) is 9.59 Å². The van der Waals surface area contributed by atoms with Crippen LogP contribution in [0.15, 0.2) is 53.9 Å². The maximum Gasteiger partial charge on any atom is 0.234 e. The van der Waals surface area contributed by atoms with Crippen LogP contribution < -0.4 is 16.5 Å². The zero-order valence-electron chi connectivity index (χ0n) is 14.4. The van der Waals surface area contributed by atoms with Crippen molar-refractivity contribution < 1.29 is 9.59 Å². The predicted octanol–water partition coefficient (Wildman–Crippen LogP) is 1.74. The summed E-state index contributed by atoms with van der Waals surface area (Å²) < 4.78 is 1.34. The average molecular weight is 383 g/mol. The van der Waals surface area contributed by atoms with Crippen LogP contribution in [-0.4, -0.2) is 37.4 Å². The van der Waals surface area contributed by atoms with Crippen molar-refractivity contribution in [1.82, 2.24) is 19.9 Å². The smallest absolute Gasteiger partial charge is 0.234 e. The number of nitrogen functional groups attached to an aromatic ring is 1. The Morgan fingerprint density at radius 3 is 2.30 bits per heavy atom. The van der Waals surface area contributed by atoms with Crippen molar-refractivity contribution in [2.24, 2.45) is 0 Å². The molecule has 0 saturated heterocycles. The molecule has 1 aromatic carbocycles. The largest absolute Gasteiger partial charge is 0.335 e. The summed E-state index contributed by atoms with van der Waals surface area (Å²) in [6.45, 7) is 1.43. The Balaban J connectivity index is 1.57. The van der Waals surface area contributed by atoms with E-state index in [1.807, 2.05) is 0 Å². The molecule has 3 aromatic rings. The van der Waals surface area contributed by atoms with E-state index in [0.717, 1.165) is 5.56 Å². The second-order valence-corrected chi connectivity index (χ2v) is 6.45. The fraction of sp³-hybridized carbons (Fsp3) is 0.118. The van der Waals surface area contributed by atoms with E-state index in [-0.39, 0.29) is 17.6 Å². The third-order valence-corrected chi connectivity index (χ3v) is 4.37. The molecule has 27 heavy (non-hydrogen) atoms. The number of carbonyl (C=O) groups excluding carboxylic acids is 2. The number of thioether (sulfide) groups is 1. The van der Waals surface area contributed by atoms with Crippen LogP contribution in [0.4, 0.5) is 11.4 Å². The molecular weight excluding hydrogens is 366 g/mol. The number of nitrogens with zero attached hydrogens (tertiary/aromatic N) is 4. The van der Waals surface area contributed by atoms with Gasteiger partial charge in [0.15, 0.2) is 5.82 Å². The number of hydrogen-bond donors (Lipinski definition) is 3. The lowest BCUT2D eigenvalue weighted by molar-refractivity contribution is -0.114. The third-order valence-electron chi connectivity index (χ3n) is 3.42. The molecule has 3 rings (SSSR count). The summed E-state index contributed by atoms with van der Waals surface area (Å²) in [5, 5.41) is 13.9. The average Bonchev–Trinajstić information content (AvgIpc) is 3.02. The van der Waals surface area contributed by atoms with Gasteiger partial charge in [-0.05, 0) is 36.4 Å². The molecule has 4 N–H and O–H groups in total. The highest BCUT2D eigenvalue weighted by molar-refractivity contribution is 7.99. The van der Waals surface area contributed by atoms with Crippen LogP contribution in [0.2, 0.25) is 0 Å². The molecule has 2 heterocycles. The quantitative estimate of drug-likeness (QED) is 0.437. The molecule has 0 saturated carbocycles. The molecular formula is C17H17N7O2S. The van der Waals surface area contributed by atoms with Crippen LogP contribution in [0, 0.1) is 0 Å². The molecule has 0 aliphatic heterocycles. The van der Waals surface area contributed by atoms with Crippen molar-refractivity contribution in [3.05, 3.63) is 48.8 Å².